The molecule has 4 nitrogen and oxygen atoms in total. The van der Waals surface area contributed by atoms with E-state index >= 15 is 0 Å². The van der Waals surface area contributed by atoms with Gasteiger partial charge in [-0.3, -0.25) is 10.2 Å². The van der Waals surface area contributed by atoms with Gasteiger partial charge in [-0.15, -0.1) is 0 Å². The van der Waals surface area contributed by atoms with Crippen molar-refractivity contribution in [1.82, 2.24) is 5.43 Å². The van der Waals surface area contributed by atoms with Crippen molar-refractivity contribution in [3.63, 3.8) is 0 Å². The molecule has 5 N–H and O–H groups in total. The fourth-order valence-corrected chi connectivity index (χ4v) is 0.896. The molecule has 80 valence electrons. The molecule has 0 unspecified atom stereocenters. The summed E-state index contributed by atoms with van der Waals surface area (Å²) in [4.78, 5) is 9.58. The summed E-state index contributed by atoms with van der Waals surface area (Å²) in [7, 11) is 0. The van der Waals surface area contributed by atoms with Gasteiger partial charge < -0.3 is 5.48 Å². The Bertz CT molecular complexity index is 265. The zero-order valence-corrected chi connectivity index (χ0v) is 9.06. The third-order valence-corrected chi connectivity index (χ3v) is 1.46. The summed E-state index contributed by atoms with van der Waals surface area (Å²) in [6.07, 6.45) is 0. The Kier molecular flexibility index (Phi) is 9.81. The molecule has 0 saturated heterocycles. The zero-order valence-electron chi connectivity index (χ0n) is 7.55. The third-order valence-electron chi connectivity index (χ3n) is 0.990. The summed E-state index contributed by atoms with van der Waals surface area (Å²) in [5.41, 5.74) is 1.89. The lowest BCUT2D eigenvalue weighted by Crippen LogP contribution is -2.26. The van der Waals surface area contributed by atoms with Crippen molar-refractivity contribution in [2.75, 3.05) is 0 Å². The normalized spacial score (nSPS) is 7.71. The molecule has 0 aliphatic carbocycles. The maximum Gasteiger partial charge on any atom is 0.230 e. The van der Waals surface area contributed by atoms with Crippen molar-refractivity contribution in [2.24, 2.45) is 5.84 Å². The summed E-state index contributed by atoms with van der Waals surface area (Å²) in [6.45, 7) is 1.35. The van der Waals surface area contributed by atoms with Gasteiger partial charge in [0.2, 0.25) is 5.91 Å². The van der Waals surface area contributed by atoms with Gasteiger partial charge in [-0.2, -0.15) is 0 Å². The first-order valence-corrected chi connectivity index (χ1v) is 4.20. The number of nitrogens with two attached hydrogens (primary N) is 1. The van der Waals surface area contributed by atoms with Crippen LogP contribution in [-0.2, 0) is 4.79 Å². The lowest BCUT2D eigenvalue weighted by molar-refractivity contribution is -0.119. The number of carbonyl (C=O) groups is 1. The summed E-state index contributed by atoms with van der Waals surface area (Å²) >= 11 is 11.1. The number of amides is 1. The first kappa shape index (κ1) is 15.7. The van der Waals surface area contributed by atoms with E-state index in [1.165, 1.54) is 6.92 Å². The summed E-state index contributed by atoms with van der Waals surface area (Å²) in [6, 6.07) is 7.08. The van der Waals surface area contributed by atoms with Gasteiger partial charge in [0.25, 0.3) is 0 Å². The van der Waals surface area contributed by atoms with Crippen LogP contribution < -0.4 is 11.3 Å². The van der Waals surface area contributed by atoms with Crippen LogP contribution in [0.4, 0.5) is 0 Å². The largest absolute Gasteiger partial charge is 0.412 e. The zero-order chi connectivity index (χ0) is 10.3. The van der Waals surface area contributed by atoms with Gasteiger partial charge >= 0.3 is 0 Å². The van der Waals surface area contributed by atoms with Crippen molar-refractivity contribution in [1.29, 1.82) is 0 Å². The van der Waals surface area contributed by atoms with Gasteiger partial charge in [-0.05, 0) is 18.2 Å². The number of carbonyl (C=O) groups excluding carboxylic acids is 1. The van der Waals surface area contributed by atoms with Crippen molar-refractivity contribution >= 4 is 29.1 Å². The smallest absolute Gasteiger partial charge is 0.230 e. The highest BCUT2D eigenvalue weighted by atomic mass is 35.5. The van der Waals surface area contributed by atoms with Crippen LogP contribution in [0, 0.1) is 0 Å². The SMILES string of the molecule is CC(=O)NN.Clc1cccc(Cl)c1.O. The predicted molar refractivity (Wildman–Crippen MR) is 58.1 cm³/mol. The number of hydrogen-bond acceptors (Lipinski definition) is 2. The maximum absolute atomic E-state index is 9.58. The van der Waals surface area contributed by atoms with E-state index in [1.807, 2.05) is 11.5 Å². The van der Waals surface area contributed by atoms with Crippen molar-refractivity contribution < 1.29 is 10.3 Å². The van der Waals surface area contributed by atoms with Crippen LogP contribution in [0.15, 0.2) is 24.3 Å². The molecule has 1 amide bonds. The van der Waals surface area contributed by atoms with Crippen molar-refractivity contribution in [3.05, 3.63) is 34.3 Å². The molecule has 0 radical (unpaired) electrons. The van der Waals surface area contributed by atoms with E-state index in [-0.39, 0.29) is 11.4 Å². The van der Waals surface area contributed by atoms with Gasteiger partial charge in [0.15, 0.2) is 0 Å². The molecule has 0 heterocycles. The molecule has 1 rings (SSSR count). The average molecular weight is 239 g/mol. The molecular formula is C8H12Cl2N2O2. The van der Waals surface area contributed by atoms with Crippen LogP contribution in [0.5, 0.6) is 0 Å². The fraction of sp³-hybridized carbons (Fsp3) is 0.125. The summed E-state index contributed by atoms with van der Waals surface area (Å²) in [5, 5.41) is 1.36. The van der Waals surface area contributed by atoms with Gasteiger partial charge in [-0.1, -0.05) is 29.3 Å². The van der Waals surface area contributed by atoms with E-state index in [2.05, 4.69) is 5.84 Å². The molecule has 0 saturated carbocycles. The molecule has 0 atom stereocenters. The van der Waals surface area contributed by atoms with E-state index in [0.717, 1.165) is 0 Å². The summed E-state index contributed by atoms with van der Waals surface area (Å²) in [5.74, 6) is 4.35. The quantitative estimate of drug-likeness (QED) is 0.404. The van der Waals surface area contributed by atoms with E-state index in [0.29, 0.717) is 10.0 Å². The van der Waals surface area contributed by atoms with Gasteiger partial charge in [0.05, 0.1) is 0 Å². The molecule has 1 aromatic carbocycles. The topological polar surface area (TPSA) is 86.6 Å². The monoisotopic (exact) mass is 238 g/mol. The Morgan fingerprint density at radius 3 is 1.86 bits per heavy atom. The molecule has 14 heavy (non-hydrogen) atoms. The lowest BCUT2D eigenvalue weighted by Gasteiger charge is -1.86. The van der Waals surface area contributed by atoms with Crippen molar-refractivity contribution in [2.45, 2.75) is 6.92 Å². The van der Waals surface area contributed by atoms with Crippen LogP contribution >= 0.6 is 23.2 Å². The van der Waals surface area contributed by atoms with E-state index in [1.54, 1.807) is 18.2 Å². The fourth-order valence-electron chi connectivity index (χ4n) is 0.460. The Hall–Kier alpha value is -0.810. The number of rotatable bonds is 0. The van der Waals surface area contributed by atoms with E-state index < -0.39 is 0 Å². The molecule has 0 spiro atoms. The highest BCUT2D eigenvalue weighted by Gasteiger charge is 1.85. The van der Waals surface area contributed by atoms with Gasteiger partial charge in [0, 0.05) is 17.0 Å². The molecule has 6 heteroatoms. The minimum Gasteiger partial charge on any atom is -0.412 e. The lowest BCUT2D eigenvalue weighted by atomic mass is 10.4. The van der Waals surface area contributed by atoms with Crippen LogP contribution in [0.25, 0.3) is 0 Å². The first-order valence-electron chi connectivity index (χ1n) is 3.44. The molecule has 0 aliphatic heterocycles. The molecule has 0 aliphatic rings. The first-order chi connectivity index (χ1) is 6.06. The molecule has 0 fully saturated rings. The van der Waals surface area contributed by atoms with E-state index in [4.69, 9.17) is 23.2 Å². The molecule has 1 aromatic rings. The molecule has 0 aromatic heterocycles. The standard InChI is InChI=1S/C6H4Cl2.C2H6N2O.H2O/c7-5-2-1-3-6(8)4-5;1-2(5)4-3;/h1-4H;3H2,1H3,(H,4,5);1H2. The maximum atomic E-state index is 9.58. The van der Waals surface area contributed by atoms with Crippen LogP contribution in [0.3, 0.4) is 0 Å². The van der Waals surface area contributed by atoms with Gasteiger partial charge in [-0.25, -0.2) is 5.84 Å². The number of hydrazine groups is 1. The molecular weight excluding hydrogens is 227 g/mol. The second kappa shape index (κ2) is 8.77. The highest BCUT2D eigenvalue weighted by molar-refractivity contribution is 6.34. The van der Waals surface area contributed by atoms with Crippen molar-refractivity contribution in [3.8, 4) is 0 Å². The Balaban J connectivity index is 0. The highest BCUT2D eigenvalue weighted by Crippen LogP contribution is 2.13. The summed E-state index contributed by atoms with van der Waals surface area (Å²) < 4.78 is 0. The number of benzene rings is 1. The number of hydrogen-bond donors (Lipinski definition) is 2. The van der Waals surface area contributed by atoms with Gasteiger partial charge in [0.1, 0.15) is 0 Å². The van der Waals surface area contributed by atoms with Crippen LogP contribution in [-0.4, -0.2) is 11.4 Å². The van der Waals surface area contributed by atoms with Crippen LogP contribution in [0.2, 0.25) is 10.0 Å². The predicted octanol–water partition coefficient (Wildman–Crippen LogP) is 1.16. The minimum atomic E-state index is -0.218. The number of nitrogens with one attached hydrogen (secondary N) is 1. The average Bonchev–Trinajstić information content (AvgIpc) is 2.05. The van der Waals surface area contributed by atoms with E-state index in [9.17, 15) is 4.79 Å². The Morgan fingerprint density at radius 2 is 1.71 bits per heavy atom. The Labute approximate surface area is 92.3 Å². The Morgan fingerprint density at radius 1 is 1.36 bits per heavy atom. The second-order valence-corrected chi connectivity index (χ2v) is 3.01. The minimum absolute atomic E-state index is 0. The van der Waals surface area contributed by atoms with Crippen LogP contribution in [0.1, 0.15) is 6.92 Å². The molecule has 0 bridgehead atoms. The third kappa shape index (κ3) is 9.28. The number of halogens is 2. The second-order valence-electron chi connectivity index (χ2n) is 2.14.